The maximum Gasteiger partial charge on any atom is 0.192 e. The molecule has 0 spiro atoms. The lowest BCUT2D eigenvalue weighted by atomic mass is 9.71. The average molecular weight is 260 g/mol. The molecular formula is C16H20O3. The molecule has 0 aromatic heterocycles. The van der Waals surface area contributed by atoms with Gasteiger partial charge in [0, 0.05) is 17.5 Å². The summed E-state index contributed by atoms with van der Waals surface area (Å²) < 4.78 is 11.4. The Morgan fingerprint density at radius 1 is 1.11 bits per heavy atom. The topological polar surface area (TPSA) is 35.5 Å². The first kappa shape index (κ1) is 12.8. The second-order valence-electron chi connectivity index (χ2n) is 6.21. The second kappa shape index (κ2) is 4.15. The van der Waals surface area contributed by atoms with Crippen molar-refractivity contribution in [3.05, 3.63) is 34.9 Å². The highest BCUT2D eigenvalue weighted by Crippen LogP contribution is 2.40. The van der Waals surface area contributed by atoms with Crippen LogP contribution in [0.1, 0.15) is 55.1 Å². The van der Waals surface area contributed by atoms with E-state index in [4.69, 9.17) is 9.47 Å². The molecule has 1 saturated heterocycles. The van der Waals surface area contributed by atoms with Gasteiger partial charge in [-0.25, -0.2) is 0 Å². The molecule has 1 aromatic rings. The van der Waals surface area contributed by atoms with Gasteiger partial charge in [-0.2, -0.15) is 0 Å². The zero-order chi connectivity index (χ0) is 13.7. The zero-order valence-corrected chi connectivity index (χ0v) is 11.8. The Bertz CT molecular complexity index is 525. The fraction of sp³-hybridized carbons (Fsp3) is 0.562. The lowest BCUT2D eigenvalue weighted by Gasteiger charge is -2.33. The molecule has 3 rings (SSSR count). The normalized spacial score (nSPS) is 24.3. The Morgan fingerprint density at radius 3 is 2.47 bits per heavy atom. The molecule has 0 N–H and O–H groups in total. The first-order valence-electron chi connectivity index (χ1n) is 6.88. The van der Waals surface area contributed by atoms with E-state index in [-0.39, 0.29) is 11.2 Å². The fourth-order valence-corrected chi connectivity index (χ4v) is 3.01. The van der Waals surface area contributed by atoms with E-state index in [1.54, 1.807) is 0 Å². The van der Waals surface area contributed by atoms with Gasteiger partial charge in [0.25, 0.3) is 0 Å². The van der Waals surface area contributed by atoms with E-state index in [0.29, 0.717) is 19.6 Å². The van der Waals surface area contributed by atoms with E-state index >= 15 is 0 Å². The van der Waals surface area contributed by atoms with Gasteiger partial charge in [-0.3, -0.25) is 4.79 Å². The largest absolute Gasteiger partial charge is 0.344 e. The van der Waals surface area contributed by atoms with Gasteiger partial charge < -0.3 is 9.47 Å². The van der Waals surface area contributed by atoms with Gasteiger partial charge in [0.1, 0.15) is 0 Å². The highest BCUT2D eigenvalue weighted by Gasteiger charge is 2.37. The number of Topliss-reactive ketones (excluding diaryl/α,β-unsaturated/α-hetero) is 1. The Hall–Kier alpha value is -1.19. The Kier molecular flexibility index (Phi) is 2.80. The van der Waals surface area contributed by atoms with Gasteiger partial charge in [0.05, 0.1) is 13.2 Å². The van der Waals surface area contributed by atoms with Crippen LogP contribution in [0, 0.1) is 0 Å². The predicted molar refractivity (Wildman–Crippen MR) is 72.3 cm³/mol. The van der Waals surface area contributed by atoms with Crippen molar-refractivity contribution in [3.63, 3.8) is 0 Å². The lowest BCUT2D eigenvalue weighted by Crippen LogP contribution is -2.29. The standard InChI is InChI=1S/C16H20O3/c1-15(2)7-6-14(17)12-5-4-11(10-13(12)15)16(3)18-8-9-19-16/h4-5,10H,6-9H2,1-3H3. The molecule has 0 atom stereocenters. The van der Waals surface area contributed by atoms with Crippen LogP contribution in [0.4, 0.5) is 0 Å². The summed E-state index contributed by atoms with van der Waals surface area (Å²) in [6, 6.07) is 5.99. The average Bonchev–Trinajstić information content (AvgIpc) is 2.82. The van der Waals surface area contributed by atoms with Gasteiger partial charge in [-0.1, -0.05) is 26.0 Å². The molecule has 1 aliphatic carbocycles. The van der Waals surface area contributed by atoms with Crippen LogP contribution in [-0.2, 0) is 20.7 Å². The third-order valence-corrected chi connectivity index (χ3v) is 4.39. The van der Waals surface area contributed by atoms with Crippen LogP contribution in [0.3, 0.4) is 0 Å². The van der Waals surface area contributed by atoms with Crippen molar-refractivity contribution in [2.24, 2.45) is 0 Å². The molecule has 3 heteroatoms. The number of ether oxygens (including phenoxy) is 2. The van der Waals surface area contributed by atoms with Gasteiger partial charge >= 0.3 is 0 Å². The van der Waals surface area contributed by atoms with Gasteiger partial charge in [0.2, 0.25) is 0 Å². The van der Waals surface area contributed by atoms with Crippen molar-refractivity contribution in [1.29, 1.82) is 0 Å². The highest BCUT2D eigenvalue weighted by molar-refractivity contribution is 5.99. The monoisotopic (exact) mass is 260 g/mol. The molecule has 3 nitrogen and oxygen atoms in total. The van der Waals surface area contributed by atoms with Crippen molar-refractivity contribution in [2.75, 3.05) is 13.2 Å². The Morgan fingerprint density at radius 2 is 1.79 bits per heavy atom. The van der Waals surface area contributed by atoms with Gasteiger partial charge in [0.15, 0.2) is 11.6 Å². The maximum absolute atomic E-state index is 12.0. The molecule has 102 valence electrons. The van der Waals surface area contributed by atoms with Crippen LogP contribution in [0.5, 0.6) is 0 Å². The molecule has 0 amide bonds. The van der Waals surface area contributed by atoms with Gasteiger partial charge in [-0.05, 0) is 30.4 Å². The van der Waals surface area contributed by atoms with Crippen LogP contribution < -0.4 is 0 Å². The number of hydrogen-bond acceptors (Lipinski definition) is 3. The van der Waals surface area contributed by atoms with Crippen LogP contribution >= 0.6 is 0 Å². The van der Waals surface area contributed by atoms with Crippen molar-refractivity contribution >= 4 is 5.78 Å². The molecule has 19 heavy (non-hydrogen) atoms. The van der Waals surface area contributed by atoms with E-state index in [1.165, 1.54) is 0 Å². The van der Waals surface area contributed by atoms with E-state index in [2.05, 4.69) is 19.9 Å². The molecular weight excluding hydrogens is 240 g/mol. The quantitative estimate of drug-likeness (QED) is 0.778. The van der Waals surface area contributed by atoms with Gasteiger partial charge in [-0.15, -0.1) is 0 Å². The van der Waals surface area contributed by atoms with E-state index < -0.39 is 5.79 Å². The molecule has 0 saturated carbocycles. The minimum absolute atomic E-state index is 0.0359. The number of hydrogen-bond donors (Lipinski definition) is 0. The van der Waals surface area contributed by atoms with Crippen molar-refractivity contribution in [1.82, 2.24) is 0 Å². The predicted octanol–water partition coefficient (Wildman–Crippen LogP) is 3.16. The fourth-order valence-electron chi connectivity index (χ4n) is 3.01. The van der Waals surface area contributed by atoms with Crippen LogP contribution in [0.2, 0.25) is 0 Å². The summed E-state index contributed by atoms with van der Waals surface area (Å²) in [4.78, 5) is 12.0. The van der Waals surface area contributed by atoms with E-state index in [9.17, 15) is 4.79 Å². The minimum Gasteiger partial charge on any atom is -0.344 e. The number of carbonyl (C=O) groups excluding carboxylic acids is 1. The van der Waals surface area contributed by atoms with Crippen LogP contribution in [0.25, 0.3) is 0 Å². The van der Waals surface area contributed by atoms with Crippen molar-refractivity contribution in [3.8, 4) is 0 Å². The molecule has 0 bridgehead atoms. The summed E-state index contributed by atoms with van der Waals surface area (Å²) in [6.45, 7) is 7.58. The van der Waals surface area contributed by atoms with Crippen molar-refractivity contribution < 1.29 is 14.3 Å². The minimum atomic E-state index is -0.661. The molecule has 1 fully saturated rings. The highest BCUT2D eigenvalue weighted by atomic mass is 16.7. The molecule has 2 aliphatic rings. The van der Waals surface area contributed by atoms with E-state index in [1.807, 2.05) is 19.1 Å². The molecule has 0 radical (unpaired) electrons. The summed E-state index contributed by atoms with van der Waals surface area (Å²) in [5, 5.41) is 0. The Balaban J connectivity index is 2.10. The SMILES string of the molecule is CC1(C)CCC(=O)c2ccc(C3(C)OCCO3)cc21. The van der Waals surface area contributed by atoms with Crippen LogP contribution in [0.15, 0.2) is 18.2 Å². The Labute approximate surface area is 113 Å². The lowest BCUT2D eigenvalue weighted by molar-refractivity contribution is -0.149. The molecule has 1 heterocycles. The first-order chi connectivity index (χ1) is 8.92. The first-order valence-corrected chi connectivity index (χ1v) is 6.88. The second-order valence-corrected chi connectivity index (χ2v) is 6.21. The summed E-state index contributed by atoms with van der Waals surface area (Å²) in [5.41, 5.74) is 3.03. The van der Waals surface area contributed by atoms with Crippen LogP contribution in [-0.4, -0.2) is 19.0 Å². The maximum atomic E-state index is 12.0. The number of carbonyl (C=O) groups is 1. The smallest absolute Gasteiger partial charge is 0.192 e. The third kappa shape index (κ3) is 2.01. The summed E-state index contributed by atoms with van der Waals surface area (Å²) >= 11 is 0. The third-order valence-electron chi connectivity index (χ3n) is 4.39. The van der Waals surface area contributed by atoms with E-state index in [0.717, 1.165) is 23.1 Å². The van der Waals surface area contributed by atoms with Crippen molar-refractivity contribution in [2.45, 2.75) is 44.8 Å². The number of ketones is 1. The number of fused-ring (bicyclic) bond motifs is 1. The summed E-state index contributed by atoms with van der Waals surface area (Å²) in [6.07, 6.45) is 1.55. The molecule has 1 aromatic carbocycles. The summed E-state index contributed by atoms with van der Waals surface area (Å²) in [5.74, 6) is -0.412. The molecule has 1 aliphatic heterocycles. The zero-order valence-electron chi connectivity index (χ0n) is 11.8. The molecule has 0 unspecified atom stereocenters. The number of benzene rings is 1. The summed E-state index contributed by atoms with van der Waals surface area (Å²) in [7, 11) is 0. The number of rotatable bonds is 1.